The molecular weight excluding hydrogens is 392 g/mol. The number of aryl methyl sites for hydroxylation is 1. The second kappa shape index (κ2) is 8.81. The zero-order valence-corrected chi connectivity index (χ0v) is 16.0. The van der Waals surface area contributed by atoms with Crippen LogP contribution in [0.3, 0.4) is 0 Å². The summed E-state index contributed by atoms with van der Waals surface area (Å²) in [6.45, 7) is 3.18. The maximum atomic E-state index is 12.8. The van der Waals surface area contributed by atoms with Crippen molar-refractivity contribution in [1.29, 1.82) is 0 Å². The van der Waals surface area contributed by atoms with Gasteiger partial charge in [-0.3, -0.25) is 19.5 Å². The number of amides is 1. The smallest absolute Gasteiger partial charge is 0.348 e. The van der Waals surface area contributed by atoms with Crippen LogP contribution >= 0.6 is 12.4 Å². The molecule has 150 valence electrons. The normalized spacial score (nSPS) is 17.6. The number of carbonyl (C=O) groups excluding carboxylic acids is 2. The third-order valence-corrected chi connectivity index (χ3v) is 3.97. The first-order chi connectivity index (χ1) is 12.9. The van der Waals surface area contributed by atoms with Crippen LogP contribution in [0.1, 0.15) is 12.6 Å². The summed E-state index contributed by atoms with van der Waals surface area (Å²) in [5.41, 5.74) is 1.49. The lowest BCUT2D eigenvalue weighted by Gasteiger charge is -2.33. The van der Waals surface area contributed by atoms with Gasteiger partial charge in [-0.15, -0.1) is 17.5 Å². The van der Waals surface area contributed by atoms with E-state index in [4.69, 9.17) is 9.47 Å². The van der Waals surface area contributed by atoms with Gasteiger partial charge in [0.05, 0.1) is 25.0 Å². The fourth-order valence-electron chi connectivity index (χ4n) is 2.80. The molecule has 10 nitrogen and oxygen atoms in total. The van der Waals surface area contributed by atoms with Crippen LogP contribution in [0.2, 0.25) is 0 Å². The third-order valence-electron chi connectivity index (χ3n) is 3.97. The highest BCUT2D eigenvalue weighted by molar-refractivity contribution is 6.00. The Balaban J connectivity index is 0.00000280. The summed E-state index contributed by atoms with van der Waals surface area (Å²) >= 11 is 0. The van der Waals surface area contributed by atoms with Gasteiger partial charge in [-0.05, 0) is 19.1 Å². The number of aliphatic carboxylic acids is 1. The predicted octanol–water partition coefficient (Wildman–Crippen LogP) is 0.746. The minimum absolute atomic E-state index is 0. The zero-order valence-electron chi connectivity index (χ0n) is 15.1. The highest BCUT2D eigenvalue weighted by Gasteiger charge is 2.43. The minimum Gasteiger partial charge on any atom is -0.478 e. The summed E-state index contributed by atoms with van der Waals surface area (Å²) in [7, 11) is 0. The summed E-state index contributed by atoms with van der Waals surface area (Å²) < 4.78 is 11.7. The largest absolute Gasteiger partial charge is 0.478 e. The van der Waals surface area contributed by atoms with Gasteiger partial charge in [0.25, 0.3) is 5.91 Å². The molecule has 1 N–H and O–H groups in total. The maximum Gasteiger partial charge on any atom is 0.348 e. The Morgan fingerprint density at radius 2 is 2.18 bits per heavy atom. The van der Waals surface area contributed by atoms with E-state index >= 15 is 0 Å². The van der Waals surface area contributed by atoms with Crippen molar-refractivity contribution in [3.8, 4) is 5.69 Å². The first-order valence-corrected chi connectivity index (χ1v) is 8.18. The van der Waals surface area contributed by atoms with Crippen molar-refractivity contribution in [1.82, 2.24) is 14.8 Å². The molecule has 1 unspecified atom stereocenters. The lowest BCUT2D eigenvalue weighted by molar-refractivity contribution is -0.177. The molecule has 1 fully saturated rings. The van der Waals surface area contributed by atoms with Crippen LogP contribution in [0.5, 0.6) is 0 Å². The van der Waals surface area contributed by atoms with E-state index in [1.807, 2.05) is 13.0 Å². The number of halogens is 1. The number of carbonyl (C=O) groups is 3. The number of carboxylic acid groups (broad SMARTS) is 1. The van der Waals surface area contributed by atoms with E-state index in [-0.39, 0.29) is 25.6 Å². The number of carboxylic acids is 1. The average Bonchev–Trinajstić information content (AvgIpc) is 3.02. The van der Waals surface area contributed by atoms with Crippen LogP contribution in [0.15, 0.2) is 30.6 Å². The molecule has 0 bridgehead atoms. The molecule has 2 aromatic rings. The van der Waals surface area contributed by atoms with E-state index in [9.17, 15) is 19.5 Å². The van der Waals surface area contributed by atoms with Crippen LogP contribution in [0.4, 0.5) is 5.82 Å². The number of morpholine rings is 1. The number of pyridine rings is 1. The van der Waals surface area contributed by atoms with E-state index in [2.05, 4.69) is 10.1 Å². The summed E-state index contributed by atoms with van der Waals surface area (Å²) in [6, 6.07) is 5.29. The number of ether oxygens (including phenoxy) is 2. The Morgan fingerprint density at radius 1 is 1.43 bits per heavy atom. The molecule has 3 rings (SSSR count). The number of nitrogens with zero attached hydrogens (tertiary/aromatic N) is 4. The fourth-order valence-corrected chi connectivity index (χ4v) is 2.80. The Morgan fingerprint density at radius 3 is 2.79 bits per heavy atom. The first kappa shape index (κ1) is 21.3. The van der Waals surface area contributed by atoms with Gasteiger partial charge in [-0.1, -0.05) is 0 Å². The van der Waals surface area contributed by atoms with Gasteiger partial charge >= 0.3 is 11.9 Å². The third kappa shape index (κ3) is 4.29. The number of aromatic nitrogens is 3. The lowest BCUT2D eigenvalue weighted by atomic mass is 10.1. The topological polar surface area (TPSA) is 124 Å². The molecule has 1 aliphatic heterocycles. The van der Waals surface area contributed by atoms with Gasteiger partial charge in [0.2, 0.25) is 6.10 Å². The van der Waals surface area contributed by atoms with Gasteiger partial charge in [-0.2, -0.15) is 0 Å². The van der Waals surface area contributed by atoms with E-state index in [0.29, 0.717) is 5.82 Å². The summed E-state index contributed by atoms with van der Waals surface area (Å²) in [5.74, 6) is -2.55. The van der Waals surface area contributed by atoms with E-state index < -0.39 is 30.1 Å². The highest BCUT2D eigenvalue weighted by atomic mass is 35.5. The molecule has 1 aliphatic rings. The van der Waals surface area contributed by atoms with Crippen molar-refractivity contribution in [2.75, 3.05) is 18.1 Å². The van der Waals surface area contributed by atoms with Crippen molar-refractivity contribution >= 4 is 36.1 Å². The first-order valence-electron chi connectivity index (χ1n) is 8.18. The molecule has 2 atom stereocenters. The molecule has 0 saturated carbocycles. The molecule has 1 saturated heterocycles. The molecule has 2 aromatic heterocycles. The van der Waals surface area contributed by atoms with E-state index in [1.54, 1.807) is 29.2 Å². The van der Waals surface area contributed by atoms with Gasteiger partial charge in [-0.25, -0.2) is 9.48 Å². The number of hydrogen-bond donors (Lipinski definition) is 1. The van der Waals surface area contributed by atoms with Gasteiger partial charge in [0.15, 0.2) is 11.9 Å². The van der Waals surface area contributed by atoms with Gasteiger partial charge < -0.3 is 14.6 Å². The molecule has 0 aliphatic carbocycles. The number of rotatable bonds is 5. The summed E-state index contributed by atoms with van der Waals surface area (Å²) in [6.07, 6.45) is 0.109. The highest BCUT2D eigenvalue weighted by Crippen LogP contribution is 2.23. The van der Waals surface area contributed by atoms with Crippen LogP contribution in [-0.4, -0.2) is 63.1 Å². The molecule has 0 spiro atoms. The van der Waals surface area contributed by atoms with Gasteiger partial charge in [0.1, 0.15) is 0 Å². The van der Waals surface area contributed by atoms with E-state index in [0.717, 1.165) is 18.3 Å². The molecule has 11 heteroatoms. The number of hydrogen-bond acceptors (Lipinski definition) is 7. The Labute approximate surface area is 166 Å². The molecular formula is C17H19ClN4O6. The van der Waals surface area contributed by atoms with Crippen molar-refractivity contribution < 1.29 is 29.0 Å². The lowest BCUT2D eigenvalue weighted by Crippen LogP contribution is -2.55. The van der Waals surface area contributed by atoms with Crippen LogP contribution < -0.4 is 4.90 Å². The van der Waals surface area contributed by atoms with Crippen molar-refractivity contribution in [3.05, 3.63) is 36.3 Å². The van der Waals surface area contributed by atoms with Crippen molar-refractivity contribution in [2.24, 2.45) is 0 Å². The van der Waals surface area contributed by atoms with Crippen molar-refractivity contribution in [2.45, 2.75) is 26.1 Å². The quantitative estimate of drug-likeness (QED) is 0.716. The molecule has 3 heterocycles. The number of esters is 1. The minimum atomic E-state index is -1.72. The molecule has 28 heavy (non-hydrogen) atoms. The number of anilines is 1. The van der Waals surface area contributed by atoms with Crippen LogP contribution in [0, 0.1) is 6.92 Å². The zero-order chi connectivity index (χ0) is 19.6. The van der Waals surface area contributed by atoms with Gasteiger partial charge in [0, 0.05) is 24.9 Å². The summed E-state index contributed by atoms with van der Waals surface area (Å²) in [5, 5.41) is 13.7. The van der Waals surface area contributed by atoms with E-state index in [1.165, 1.54) is 4.90 Å². The monoisotopic (exact) mass is 410 g/mol. The molecule has 0 aromatic carbocycles. The Bertz CT molecular complexity index is 872. The average molecular weight is 411 g/mol. The fraction of sp³-hybridized carbons (Fsp3) is 0.353. The SMILES string of the molecule is CC(=O)O[C@@H](C(=O)O)C1OCCN(c2cc(C)n(-c3cccnc3)n2)C1=O.Cl. The molecule has 0 radical (unpaired) electrons. The Kier molecular flexibility index (Phi) is 6.71. The second-order valence-corrected chi connectivity index (χ2v) is 5.92. The van der Waals surface area contributed by atoms with Crippen LogP contribution in [-0.2, 0) is 23.9 Å². The maximum absolute atomic E-state index is 12.8. The summed E-state index contributed by atoms with van der Waals surface area (Å²) in [4.78, 5) is 40.8. The Hall–Kier alpha value is -2.98. The predicted molar refractivity (Wildman–Crippen MR) is 98.6 cm³/mol. The standard InChI is InChI=1S/C17H18N4O6.ClH/c1-10-8-13(19-21(10)12-4-3-5-18-9-12)20-6-7-26-14(16(20)23)15(17(24)25)27-11(2)22;/h3-5,8-9,14-15H,6-7H2,1-2H3,(H,24,25);1H/t14?,15-;/m1./s1. The molecule has 1 amide bonds. The van der Waals surface area contributed by atoms with Crippen molar-refractivity contribution in [3.63, 3.8) is 0 Å². The second-order valence-electron chi connectivity index (χ2n) is 5.92. The van der Waals surface area contributed by atoms with Crippen LogP contribution in [0.25, 0.3) is 5.69 Å².